The number of ketones is 1. The molecule has 1 rings (SSSR count). The number of nitro benzene ring substituents is 1. The van der Waals surface area contributed by atoms with E-state index in [0.717, 1.165) is 0 Å². The molecule has 0 aliphatic rings. The number of Topliss-reactive ketones (excluding diaryl/α,β-unsaturated/α-hetero) is 1. The fourth-order valence-corrected chi connectivity index (χ4v) is 1.28. The van der Waals surface area contributed by atoms with Gasteiger partial charge in [0.05, 0.1) is 10.5 Å². The number of halogens is 1. The zero-order valence-corrected chi connectivity index (χ0v) is 9.81. The first-order chi connectivity index (χ1) is 8.06. The van der Waals surface area contributed by atoms with Crippen LogP contribution in [0.2, 0.25) is 0 Å². The van der Waals surface area contributed by atoms with Crippen LogP contribution in [0.4, 0.5) is 5.69 Å². The molecule has 0 spiro atoms. The molecule has 0 fully saturated rings. The number of nitrogens with zero attached hydrogens (tertiary/aromatic N) is 1. The lowest BCUT2D eigenvalue weighted by molar-refractivity contribution is -0.384. The van der Waals surface area contributed by atoms with E-state index in [2.05, 4.69) is 0 Å². The standard InChI is InChI=1S/C11H10ClNO4/c1-8(14)10-7-9(13(15)16)3-4-11(10)17-6-2-5-12/h2-5,7H,6H2,1H3/b5-2+. The van der Waals surface area contributed by atoms with Crippen molar-refractivity contribution in [1.82, 2.24) is 0 Å². The van der Waals surface area contributed by atoms with Gasteiger partial charge in [0.25, 0.3) is 5.69 Å². The third-order valence-electron chi connectivity index (χ3n) is 1.98. The molecule has 0 N–H and O–H groups in total. The number of ether oxygens (including phenoxy) is 1. The molecule has 17 heavy (non-hydrogen) atoms. The lowest BCUT2D eigenvalue weighted by atomic mass is 10.1. The highest BCUT2D eigenvalue weighted by Gasteiger charge is 2.14. The highest BCUT2D eigenvalue weighted by Crippen LogP contribution is 2.24. The first-order valence-corrected chi connectivity index (χ1v) is 5.17. The molecule has 1 aromatic rings. The summed E-state index contributed by atoms with van der Waals surface area (Å²) in [6.45, 7) is 1.52. The number of hydrogen-bond acceptors (Lipinski definition) is 4. The van der Waals surface area contributed by atoms with Gasteiger partial charge >= 0.3 is 0 Å². The molecule has 1 aromatic carbocycles. The zero-order chi connectivity index (χ0) is 12.8. The predicted octanol–water partition coefficient (Wildman–Crippen LogP) is 2.93. The van der Waals surface area contributed by atoms with Gasteiger partial charge in [-0.3, -0.25) is 14.9 Å². The molecule has 6 heteroatoms. The van der Waals surface area contributed by atoms with Crippen LogP contribution in [0.1, 0.15) is 17.3 Å². The fourth-order valence-electron chi connectivity index (χ4n) is 1.21. The third-order valence-corrected chi connectivity index (χ3v) is 2.16. The molecule has 0 saturated carbocycles. The van der Waals surface area contributed by atoms with E-state index in [1.807, 2.05) is 0 Å². The highest BCUT2D eigenvalue weighted by molar-refractivity contribution is 6.25. The summed E-state index contributed by atoms with van der Waals surface area (Å²) in [5.74, 6) is 0.0106. The minimum absolute atomic E-state index is 0.143. The van der Waals surface area contributed by atoms with Gasteiger partial charge in [-0.1, -0.05) is 11.6 Å². The van der Waals surface area contributed by atoms with Crippen molar-refractivity contribution in [2.45, 2.75) is 6.92 Å². The average molecular weight is 256 g/mol. The third kappa shape index (κ3) is 3.57. The van der Waals surface area contributed by atoms with Gasteiger partial charge in [0.1, 0.15) is 12.4 Å². The van der Waals surface area contributed by atoms with Gasteiger partial charge in [-0.05, 0) is 19.1 Å². The average Bonchev–Trinajstić information content (AvgIpc) is 2.29. The Balaban J connectivity index is 3.04. The molecule has 0 atom stereocenters. The molecule has 0 aliphatic heterocycles. The van der Waals surface area contributed by atoms with E-state index in [9.17, 15) is 14.9 Å². The lowest BCUT2D eigenvalue weighted by Crippen LogP contribution is -2.02. The highest BCUT2D eigenvalue weighted by atomic mass is 35.5. The predicted molar refractivity (Wildman–Crippen MR) is 63.6 cm³/mol. The van der Waals surface area contributed by atoms with Gasteiger partial charge in [0.15, 0.2) is 5.78 Å². The number of carbonyl (C=O) groups is 1. The van der Waals surface area contributed by atoms with Crippen LogP contribution in [0.3, 0.4) is 0 Å². The summed E-state index contributed by atoms with van der Waals surface area (Å²) in [5, 5.41) is 10.6. The SMILES string of the molecule is CC(=O)c1cc([N+](=O)[O-])ccc1OC/C=C/Cl. The van der Waals surface area contributed by atoms with Crippen LogP contribution in [0.25, 0.3) is 0 Å². The molecule has 90 valence electrons. The van der Waals surface area contributed by atoms with Crippen molar-refractivity contribution in [2.24, 2.45) is 0 Å². The van der Waals surface area contributed by atoms with Gasteiger partial charge in [-0.2, -0.15) is 0 Å². The van der Waals surface area contributed by atoms with Gasteiger partial charge in [0, 0.05) is 17.7 Å². The fraction of sp³-hybridized carbons (Fsp3) is 0.182. The molecular weight excluding hydrogens is 246 g/mol. The first-order valence-electron chi connectivity index (χ1n) is 4.73. The maximum absolute atomic E-state index is 11.3. The van der Waals surface area contributed by atoms with Crippen LogP contribution in [-0.4, -0.2) is 17.3 Å². The van der Waals surface area contributed by atoms with E-state index < -0.39 is 4.92 Å². The van der Waals surface area contributed by atoms with Crippen molar-refractivity contribution >= 4 is 23.1 Å². The summed E-state index contributed by atoms with van der Waals surface area (Å²) in [6, 6.07) is 3.88. The van der Waals surface area contributed by atoms with E-state index in [0.29, 0.717) is 5.75 Å². The number of benzene rings is 1. The Morgan fingerprint density at radius 1 is 1.59 bits per heavy atom. The van der Waals surface area contributed by atoms with Crippen molar-refractivity contribution in [3.05, 3.63) is 45.5 Å². The number of nitro groups is 1. The number of non-ortho nitro benzene ring substituents is 1. The molecule has 0 amide bonds. The molecular formula is C11H10ClNO4. The molecule has 0 unspecified atom stereocenters. The van der Waals surface area contributed by atoms with E-state index in [1.54, 1.807) is 6.08 Å². The Kier molecular flexibility index (Phi) is 4.66. The molecule has 0 aromatic heterocycles. The summed E-state index contributed by atoms with van der Waals surface area (Å²) >= 11 is 5.32. The van der Waals surface area contributed by atoms with Crippen molar-refractivity contribution in [2.75, 3.05) is 6.61 Å². The number of carbonyl (C=O) groups excluding carboxylic acids is 1. The zero-order valence-electron chi connectivity index (χ0n) is 9.05. The monoisotopic (exact) mass is 255 g/mol. The summed E-state index contributed by atoms with van der Waals surface area (Å²) in [6.07, 6.45) is 1.55. The van der Waals surface area contributed by atoms with Crippen LogP contribution in [-0.2, 0) is 0 Å². The smallest absolute Gasteiger partial charge is 0.270 e. The molecule has 5 nitrogen and oxygen atoms in total. The van der Waals surface area contributed by atoms with Crippen LogP contribution < -0.4 is 4.74 Å². The van der Waals surface area contributed by atoms with Crippen molar-refractivity contribution < 1.29 is 14.5 Å². The maximum atomic E-state index is 11.3. The molecule has 0 saturated heterocycles. The second kappa shape index (κ2) is 6.00. The van der Waals surface area contributed by atoms with Crippen LogP contribution in [0, 0.1) is 10.1 Å². The van der Waals surface area contributed by atoms with Gasteiger partial charge in [-0.25, -0.2) is 0 Å². The van der Waals surface area contributed by atoms with E-state index in [4.69, 9.17) is 16.3 Å². The Morgan fingerprint density at radius 2 is 2.29 bits per heavy atom. The van der Waals surface area contributed by atoms with Crippen LogP contribution in [0.15, 0.2) is 29.8 Å². The van der Waals surface area contributed by atoms with E-state index in [-0.39, 0.29) is 23.6 Å². The number of rotatable bonds is 5. The second-order valence-corrected chi connectivity index (χ2v) is 3.42. The summed E-state index contributed by atoms with van der Waals surface area (Å²) < 4.78 is 5.26. The maximum Gasteiger partial charge on any atom is 0.270 e. The largest absolute Gasteiger partial charge is 0.489 e. The topological polar surface area (TPSA) is 69.4 Å². The molecule has 0 heterocycles. The molecule has 0 bridgehead atoms. The van der Waals surface area contributed by atoms with Crippen molar-refractivity contribution in [1.29, 1.82) is 0 Å². The Labute approximate surface area is 103 Å². The minimum atomic E-state index is -0.561. The summed E-state index contributed by atoms with van der Waals surface area (Å²) in [4.78, 5) is 21.3. The van der Waals surface area contributed by atoms with Crippen molar-refractivity contribution in [3.63, 3.8) is 0 Å². The lowest BCUT2D eigenvalue weighted by Gasteiger charge is -2.07. The van der Waals surface area contributed by atoms with E-state index >= 15 is 0 Å². The molecule has 0 aliphatic carbocycles. The van der Waals surface area contributed by atoms with Gasteiger partial charge in [0.2, 0.25) is 0 Å². The van der Waals surface area contributed by atoms with Gasteiger partial charge < -0.3 is 4.74 Å². The quantitative estimate of drug-likeness (QED) is 0.461. The second-order valence-electron chi connectivity index (χ2n) is 3.17. The molecule has 0 radical (unpaired) electrons. The number of hydrogen-bond donors (Lipinski definition) is 0. The van der Waals surface area contributed by atoms with Crippen LogP contribution in [0.5, 0.6) is 5.75 Å². The Hall–Kier alpha value is -1.88. The summed E-state index contributed by atoms with van der Waals surface area (Å²) in [5.41, 5.74) is 1.33. The van der Waals surface area contributed by atoms with Crippen LogP contribution >= 0.6 is 11.6 Å². The first kappa shape index (κ1) is 13.2. The normalized spacial score (nSPS) is 10.5. The van der Waals surface area contributed by atoms with Crippen molar-refractivity contribution in [3.8, 4) is 5.75 Å². The van der Waals surface area contributed by atoms with Gasteiger partial charge in [-0.15, -0.1) is 0 Å². The Morgan fingerprint density at radius 3 is 2.82 bits per heavy atom. The summed E-state index contributed by atoms with van der Waals surface area (Å²) in [7, 11) is 0. The van der Waals surface area contributed by atoms with E-state index in [1.165, 1.54) is 30.7 Å². The Bertz CT molecular complexity index is 471. The minimum Gasteiger partial charge on any atom is -0.489 e.